The number of nitrogens with zero attached hydrogens (tertiary/aromatic N) is 1. The molecule has 8 nitrogen and oxygen atoms in total. The number of sulfonamides is 1. The van der Waals surface area contributed by atoms with E-state index >= 15 is 0 Å². The molecule has 0 bridgehead atoms. The first-order valence-corrected chi connectivity index (χ1v) is 9.48. The van der Waals surface area contributed by atoms with Gasteiger partial charge in [-0.05, 0) is 39.5 Å². The summed E-state index contributed by atoms with van der Waals surface area (Å²) in [5.74, 6) is 0. The number of terminal acetylenes is 1. The van der Waals surface area contributed by atoms with Gasteiger partial charge in [0.05, 0.1) is 5.25 Å². The number of rotatable bonds is 7. The first-order chi connectivity index (χ1) is 12.3. The Labute approximate surface area is 157 Å². The second-order valence-corrected chi connectivity index (χ2v) is 7.40. The first-order valence-electron chi connectivity index (χ1n) is 7.93. The fourth-order valence-corrected chi connectivity index (χ4v) is 2.09. The van der Waals surface area contributed by atoms with E-state index in [0.29, 0.717) is 24.9 Å². The van der Waals surface area contributed by atoms with Crippen LogP contribution in [0, 0.1) is 12.8 Å². The Bertz CT molecular complexity index is 498. The van der Waals surface area contributed by atoms with Crippen LogP contribution in [-0.2, 0) is 24.4 Å². The molecule has 0 saturated heterocycles. The van der Waals surface area contributed by atoms with Crippen LogP contribution in [-0.4, -0.2) is 56.9 Å². The normalized spacial score (nSPS) is 13.9. The Morgan fingerprint density at radius 3 is 1.65 bits per heavy atom. The fraction of sp³-hybridized carbons (Fsp3) is 0.588. The molecule has 26 heavy (non-hydrogen) atoms. The number of carbonyl (C=O) groups excluding carboxylic acids is 3. The van der Waals surface area contributed by atoms with Crippen LogP contribution in [0.5, 0.6) is 0 Å². The summed E-state index contributed by atoms with van der Waals surface area (Å²) in [6.07, 6.45) is 13.5. The Balaban J connectivity index is -0.000000283. The van der Waals surface area contributed by atoms with E-state index in [-0.39, 0.29) is 11.7 Å². The van der Waals surface area contributed by atoms with Crippen LogP contribution in [0.25, 0.3) is 0 Å². The maximum absolute atomic E-state index is 10.7. The molecule has 0 aromatic carbocycles. The summed E-state index contributed by atoms with van der Waals surface area (Å²) >= 11 is 0. The Kier molecular flexibility index (Phi) is 19.1. The van der Waals surface area contributed by atoms with Gasteiger partial charge in [0.1, 0.15) is 0 Å². The average molecular weight is 390 g/mol. The van der Waals surface area contributed by atoms with Gasteiger partial charge in [0.15, 0.2) is 0 Å². The fourth-order valence-electron chi connectivity index (χ4n) is 1.01. The third-order valence-corrected chi connectivity index (χ3v) is 4.81. The molecule has 0 aromatic rings. The molecule has 0 aliphatic heterocycles. The molecule has 0 unspecified atom stereocenters. The number of carbonyl (C=O) groups is 3. The smallest absolute Gasteiger partial charge is 0.237 e. The van der Waals surface area contributed by atoms with Crippen LogP contribution >= 0.6 is 0 Å². The number of nitrogens with one attached hydrogen (secondary N) is 2. The zero-order valence-electron chi connectivity index (χ0n) is 15.8. The zero-order valence-corrected chi connectivity index (χ0v) is 16.6. The van der Waals surface area contributed by atoms with Gasteiger partial charge in [0.25, 0.3) is 0 Å². The maximum Gasteiger partial charge on any atom is 0.237 e. The van der Waals surface area contributed by atoms with Crippen molar-refractivity contribution < 1.29 is 22.8 Å². The van der Waals surface area contributed by atoms with E-state index in [0.717, 1.165) is 12.8 Å². The van der Waals surface area contributed by atoms with Crippen molar-refractivity contribution in [2.75, 3.05) is 7.05 Å². The molecule has 2 aliphatic rings. The summed E-state index contributed by atoms with van der Waals surface area (Å²) < 4.78 is 23.1. The highest BCUT2D eigenvalue weighted by Gasteiger charge is 2.35. The Morgan fingerprint density at radius 2 is 1.50 bits per heavy atom. The topological polar surface area (TPSA) is 113 Å². The van der Waals surface area contributed by atoms with Crippen molar-refractivity contribution in [2.45, 2.75) is 56.9 Å². The number of hydrogen-bond acceptors (Lipinski definition) is 5. The van der Waals surface area contributed by atoms with Crippen molar-refractivity contribution in [3.05, 3.63) is 13.2 Å². The molecule has 3 amide bonds. The number of amides is 3. The molecule has 2 saturated carbocycles. The number of hydrogen-bond donors (Lipinski definition) is 2. The summed E-state index contributed by atoms with van der Waals surface area (Å²) in [5, 5.41) is 2.34. The lowest BCUT2D eigenvalue weighted by molar-refractivity contribution is -0.118. The van der Waals surface area contributed by atoms with Gasteiger partial charge in [-0.2, -0.15) is 0 Å². The van der Waals surface area contributed by atoms with Gasteiger partial charge in [0, 0.05) is 19.1 Å². The lowest BCUT2D eigenvalue weighted by Gasteiger charge is -2.13. The third-order valence-electron chi connectivity index (χ3n) is 3.04. The quantitative estimate of drug-likeness (QED) is 0.377. The summed E-state index contributed by atoms with van der Waals surface area (Å²) in [5.41, 5.74) is 0. The van der Waals surface area contributed by atoms with Gasteiger partial charge in [-0.1, -0.05) is 0 Å². The van der Waals surface area contributed by atoms with Crippen LogP contribution in [0.3, 0.4) is 0 Å². The third kappa shape index (κ3) is 18.0. The zero-order chi connectivity index (χ0) is 21.2. The molecule has 0 aromatic heterocycles. The van der Waals surface area contributed by atoms with E-state index in [1.807, 2.05) is 13.8 Å². The highest BCUT2D eigenvalue weighted by atomic mass is 32.2. The second-order valence-electron chi connectivity index (χ2n) is 5.40. The minimum Gasteiger partial charge on any atom is -0.356 e. The largest absolute Gasteiger partial charge is 0.356 e. The molecule has 150 valence electrons. The lowest BCUT2D eigenvalue weighted by Crippen LogP contribution is -2.25. The Morgan fingerprint density at radius 1 is 1.04 bits per heavy atom. The summed E-state index contributed by atoms with van der Waals surface area (Å²) in [4.78, 5) is 30.7. The van der Waals surface area contributed by atoms with Crippen molar-refractivity contribution in [3.8, 4) is 12.8 Å². The molecule has 0 heterocycles. The predicted molar refractivity (Wildman–Crippen MR) is 103 cm³/mol. The summed E-state index contributed by atoms with van der Waals surface area (Å²) in [6.45, 7) is 9.93. The first kappa shape index (κ1) is 28.5. The molecular weight excluding hydrogens is 358 g/mol. The van der Waals surface area contributed by atoms with Crippen LogP contribution in [0.1, 0.15) is 39.5 Å². The highest BCUT2D eigenvalue weighted by molar-refractivity contribution is 7.90. The molecule has 0 spiro atoms. The molecule has 9 heteroatoms. The van der Waals surface area contributed by atoms with Gasteiger partial charge in [-0.15, -0.1) is 26.0 Å². The van der Waals surface area contributed by atoms with Gasteiger partial charge in [-0.25, -0.2) is 8.42 Å². The van der Waals surface area contributed by atoms with Crippen molar-refractivity contribution in [2.24, 2.45) is 0 Å². The molecule has 2 N–H and O–H groups in total. The van der Waals surface area contributed by atoms with Crippen molar-refractivity contribution >= 4 is 29.3 Å². The van der Waals surface area contributed by atoms with Crippen molar-refractivity contribution in [1.29, 1.82) is 0 Å². The Hall–Kier alpha value is -2.34. The maximum atomic E-state index is 10.7. The van der Waals surface area contributed by atoms with Gasteiger partial charge < -0.3 is 10.2 Å². The monoisotopic (exact) mass is 389 g/mol. The average Bonchev–Trinajstić information content (AvgIpc) is 3.52. The van der Waals surface area contributed by atoms with E-state index in [1.54, 1.807) is 16.7 Å². The van der Waals surface area contributed by atoms with Gasteiger partial charge in [-0.3, -0.25) is 19.1 Å². The standard InChI is InChI=1S/C5H11NO.C4H7NO3S.C4H7NO.C2H4.C2H2/c1-5(2)6(3)4-7;6-3-5-9(7,8)4-1-2-4;6-3-5-4-1-2-4;2*1-2/h4-5H,1-3H3;3-4H,1-2H2,(H,5,6);3-4H,1-2H2,(H,5,6);1-2H2;1-2H. The molecular formula is C17H31N3O5S. The van der Waals surface area contributed by atoms with Crippen molar-refractivity contribution in [3.63, 3.8) is 0 Å². The van der Waals surface area contributed by atoms with Crippen LogP contribution in [0.4, 0.5) is 0 Å². The SMILES string of the molecule is C#C.C=C.CC(C)N(C)C=O.O=CNC1CC1.O=CNS(=O)(=O)C1CC1. The molecule has 2 aliphatic carbocycles. The molecule has 2 fully saturated rings. The lowest BCUT2D eigenvalue weighted by atomic mass is 10.4. The molecule has 2 rings (SSSR count). The van der Waals surface area contributed by atoms with Gasteiger partial charge in [0.2, 0.25) is 29.3 Å². The highest BCUT2D eigenvalue weighted by Crippen LogP contribution is 2.26. The predicted octanol–water partition coefficient (Wildman–Crippen LogP) is 0.654. The van der Waals surface area contributed by atoms with E-state index in [4.69, 9.17) is 0 Å². The molecule has 0 atom stereocenters. The van der Waals surface area contributed by atoms with Gasteiger partial charge >= 0.3 is 0 Å². The summed E-state index contributed by atoms with van der Waals surface area (Å²) in [7, 11) is -1.49. The van der Waals surface area contributed by atoms with Crippen molar-refractivity contribution in [1.82, 2.24) is 14.9 Å². The van der Waals surface area contributed by atoms with Crippen LogP contribution in [0.15, 0.2) is 13.2 Å². The minimum absolute atomic E-state index is 0.202. The van der Waals surface area contributed by atoms with E-state index in [1.165, 1.54) is 12.8 Å². The minimum atomic E-state index is -3.26. The molecule has 0 radical (unpaired) electrons. The summed E-state index contributed by atoms with van der Waals surface area (Å²) in [6, 6.07) is 0.861. The van der Waals surface area contributed by atoms with E-state index in [2.05, 4.69) is 31.3 Å². The second kappa shape index (κ2) is 17.5. The van der Waals surface area contributed by atoms with E-state index < -0.39 is 10.0 Å². The van der Waals surface area contributed by atoms with Crippen LogP contribution in [0.2, 0.25) is 0 Å². The van der Waals surface area contributed by atoms with E-state index in [9.17, 15) is 22.8 Å². The van der Waals surface area contributed by atoms with Crippen LogP contribution < -0.4 is 10.0 Å².